The third-order valence-electron chi connectivity index (χ3n) is 1.72. The fourth-order valence-corrected chi connectivity index (χ4v) is 2.03. The van der Waals surface area contributed by atoms with E-state index in [-0.39, 0.29) is 12.3 Å². The van der Waals surface area contributed by atoms with E-state index in [4.69, 9.17) is 5.73 Å². The summed E-state index contributed by atoms with van der Waals surface area (Å²) in [5, 5.41) is 3.48. The van der Waals surface area contributed by atoms with Crippen LogP contribution < -0.4 is 10.5 Å². The number of nitrogens with two attached hydrogens (primary N) is 1. The molecule has 3 N–H and O–H groups in total. The lowest BCUT2D eigenvalue weighted by atomic mass is 10.3. The van der Waals surface area contributed by atoms with Crippen LogP contribution >= 0.6 is 0 Å². The van der Waals surface area contributed by atoms with Crippen LogP contribution in [-0.4, -0.2) is 30.9 Å². The van der Waals surface area contributed by atoms with Gasteiger partial charge >= 0.3 is 0 Å². The van der Waals surface area contributed by atoms with E-state index in [2.05, 4.69) is 19.4 Å². The molecule has 8 heteroatoms. The van der Waals surface area contributed by atoms with Crippen LogP contribution in [0.2, 0.25) is 0 Å². The second-order valence-electron chi connectivity index (χ2n) is 2.98. The first-order valence-corrected chi connectivity index (χ1v) is 6.22. The van der Waals surface area contributed by atoms with Crippen molar-refractivity contribution in [2.24, 2.45) is 5.73 Å². The topological polar surface area (TPSA) is 111 Å². The molecule has 1 heterocycles. The Labute approximate surface area is 88.1 Å². The van der Waals surface area contributed by atoms with Crippen molar-refractivity contribution in [3.63, 3.8) is 0 Å². The summed E-state index contributed by atoms with van der Waals surface area (Å²) in [4.78, 5) is 3.69. The van der Waals surface area contributed by atoms with Crippen molar-refractivity contribution in [2.75, 3.05) is 12.3 Å². The van der Waals surface area contributed by atoms with Gasteiger partial charge in [-0.3, -0.25) is 0 Å². The predicted octanol–water partition coefficient (Wildman–Crippen LogP) is -0.772. The van der Waals surface area contributed by atoms with Gasteiger partial charge in [0.15, 0.2) is 5.82 Å². The Hall–Kier alpha value is -0.990. The molecule has 0 radical (unpaired) electrons. The number of rotatable bonds is 7. The van der Waals surface area contributed by atoms with Gasteiger partial charge in [-0.2, -0.15) is 4.98 Å². The van der Waals surface area contributed by atoms with Crippen LogP contribution in [0, 0.1) is 0 Å². The standard InChI is InChI=1S/C7H14N4O3S/c8-3-1-2-4-15(12,13)10-5-7-9-6-14-11-7/h6,10H,1-5,8H2. The van der Waals surface area contributed by atoms with Crippen LogP contribution in [0.3, 0.4) is 0 Å². The number of nitrogens with one attached hydrogen (secondary N) is 1. The van der Waals surface area contributed by atoms with Crippen LogP contribution in [0.25, 0.3) is 0 Å². The normalized spacial score (nSPS) is 11.8. The van der Waals surface area contributed by atoms with Crippen LogP contribution in [-0.2, 0) is 16.6 Å². The first kappa shape index (κ1) is 12.1. The van der Waals surface area contributed by atoms with E-state index in [1.165, 1.54) is 0 Å². The summed E-state index contributed by atoms with van der Waals surface area (Å²) in [7, 11) is -3.26. The summed E-state index contributed by atoms with van der Waals surface area (Å²) >= 11 is 0. The van der Waals surface area contributed by atoms with Gasteiger partial charge in [-0.15, -0.1) is 0 Å². The summed E-state index contributed by atoms with van der Waals surface area (Å²) < 4.78 is 29.6. The minimum Gasteiger partial charge on any atom is -0.343 e. The van der Waals surface area contributed by atoms with E-state index in [0.29, 0.717) is 25.2 Å². The minimum atomic E-state index is -3.26. The minimum absolute atomic E-state index is 0.0570. The molecule has 7 nitrogen and oxygen atoms in total. The molecule has 0 unspecified atom stereocenters. The highest BCUT2D eigenvalue weighted by Crippen LogP contribution is 1.95. The third kappa shape index (κ3) is 4.86. The van der Waals surface area contributed by atoms with Crippen molar-refractivity contribution < 1.29 is 12.9 Å². The van der Waals surface area contributed by atoms with Crippen LogP contribution in [0.1, 0.15) is 18.7 Å². The average Bonchev–Trinajstić information content (AvgIpc) is 2.68. The maximum atomic E-state index is 11.4. The lowest BCUT2D eigenvalue weighted by Gasteiger charge is -2.03. The smallest absolute Gasteiger partial charge is 0.213 e. The Bertz CT molecular complexity index is 362. The van der Waals surface area contributed by atoms with Crippen molar-refractivity contribution in [1.82, 2.24) is 14.9 Å². The quantitative estimate of drug-likeness (QED) is 0.599. The van der Waals surface area contributed by atoms with Gasteiger partial charge in [-0.1, -0.05) is 5.16 Å². The summed E-state index contributed by atoms with van der Waals surface area (Å²) in [5.74, 6) is 0.389. The summed E-state index contributed by atoms with van der Waals surface area (Å²) in [6, 6.07) is 0. The average molecular weight is 234 g/mol. The molecule has 0 amide bonds. The first-order valence-electron chi connectivity index (χ1n) is 4.57. The van der Waals surface area contributed by atoms with Crippen molar-refractivity contribution in [1.29, 1.82) is 0 Å². The summed E-state index contributed by atoms with van der Waals surface area (Å²) in [5.41, 5.74) is 5.26. The zero-order valence-corrected chi connectivity index (χ0v) is 9.03. The third-order valence-corrected chi connectivity index (χ3v) is 3.13. The van der Waals surface area contributed by atoms with Crippen LogP contribution in [0.4, 0.5) is 0 Å². The van der Waals surface area contributed by atoms with Crippen molar-refractivity contribution in [3.05, 3.63) is 12.2 Å². The Morgan fingerprint density at radius 2 is 2.27 bits per heavy atom. The molecule has 0 aliphatic rings. The number of sulfonamides is 1. The molecular formula is C7H14N4O3S. The molecule has 0 fully saturated rings. The lowest BCUT2D eigenvalue weighted by molar-refractivity contribution is 0.409. The van der Waals surface area contributed by atoms with E-state index in [1.54, 1.807) is 0 Å². The van der Waals surface area contributed by atoms with Gasteiger partial charge in [-0.05, 0) is 19.4 Å². The number of nitrogens with zero attached hydrogens (tertiary/aromatic N) is 2. The largest absolute Gasteiger partial charge is 0.343 e. The molecular weight excluding hydrogens is 220 g/mol. The molecule has 0 aromatic carbocycles. The molecule has 0 aliphatic heterocycles. The molecule has 0 aliphatic carbocycles. The molecule has 1 rings (SSSR count). The Kier molecular flexibility index (Phi) is 4.66. The van der Waals surface area contributed by atoms with Crippen molar-refractivity contribution in [2.45, 2.75) is 19.4 Å². The second-order valence-corrected chi connectivity index (χ2v) is 4.91. The molecule has 0 atom stereocenters. The van der Waals surface area contributed by atoms with Gasteiger partial charge in [0, 0.05) is 0 Å². The Balaban J connectivity index is 2.30. The number of unbranched alkanes of at least 4 members (excludes halogenated alkanes) is 1. The van der Waals surface area contributed by atoms with Crippen LogP contribution in [0.15, 0.2) is 10.9 Å². The molecule has 1 aromatic heterocycles. The fraction of sp³-hybridized carbons (Fsp3) is 0.714. The number of hydrogen-bond acceptors (Lipinski definition) is 6. The second kappa shape index (κ2) is 5.79. The van der Waals surface area contributed by atoms with Gasteiger partial charge in [0.05, 0.1) is 12.3 Å². The summed E-state index contributed by atoms with van der Waals surface area (Å²) in [6.07, 6.45) is 2.40. The Morgan fingerprint density at radius 1 is 1.47 bits per heavy atom. The highest BCUT2D eigenvalue weighted by Gasteiger charge is 2.10. The van der Waals surface area contributed by atoms with E-state index in [9.17, 15) is 8.42 Å². The molecule has 0 bridgehead atoms. The number of hydrogen-bond donors (Lipinski definition) is 2. The van der Waals surface area contributed by atoms with E-state index >= 15 is 0 Å². The highest BCUT2D eigenvalue weighted by molar-refractivity contribution is 7.89. The Morgan fingerprint density at radius 3 is 2.87 bits per heavy atom. The van der Waals surface area contributed by atoms with Gasteiger partial charge in [0.1, 0.15) is 0 Å². The predicted molar refractivity (Wildman–Crippen MR) is 53.2 cm³/mol. The molecule has 0 saturated heterocycles. The van der Waals surface area contributed by atoms with Gasteiger partial charge in [0.25, 0.3) is 0 Å². The fourth-order valence-electron chi connectivity index (χ4n) is 0.953. The number of aromatic nitrogens is 2. The zero-order chi connectivity index (χ0) is 11.1. The maximum Gasteiger partial charge on any atom is 0.213 e. The summed E-state index contributed by atoms with van der Waals surface area (Å²) in [6.45, 7) is 0.557. The zero-order valence-electron chi connectivity index (χ0n) is 8.22. The van der Waals surface area contributed by atoms with E-state index in [0.717, 1.165) is 6.39 Å². The molecule has 1 aromatic rings. The molecule has 86 valence electrons. The van der Waals surface area contributed by atoms with Gasteiger partial charge in [-0.25, -0.2) is 13.1 Å². The molecule has 0 spiro atoms. The van der Waals surface area contributed by atoms with Gasteiger partial charge < -0.3 is 10.3 Å². The lowest BCUT2D eigenvalue weighted by Crippen LogP contribution is -2.26. The van der Waals surface area contributed by atoms with E-state index in [1.807, 2.05) is 0 Å². The van der Waals surface area contributed by atoms with Gasteiger partial charge in [0.2, 0.25) is 16.4 Å². The SMILES string of the molecule is NCCCCS(=O)(=O)NCc1ncon1. The monoisotopic (exact) mass is 234 g/mol. The maximum absolute atomic E-state index is 11.4. The van der Waals surface area contributed by atoms with Crippen molar-refractivity contribution in [3.8, 4) is 0 Å². The molecule has 15 heavy (non-hydrogen) atoms. The van der Waals surface area contributed by atoms with Crippen LogP contribution in [0.5, 0.6) is 0 Å². The highest BCUT2D eigenvalue weighted by atomic mass is 32.2. The molecule has 0 saturated carbocycles. The van der Waals surface area contributed by atoms with E-state index < -0.39 is 10.0 Å². The van der Waals surface area contributed by atoms with Crippen molar-refractivity contribution >= 4 is 10.0 Å². The first-order chi connectivity index (χ1) is 7.14.